The molecule has 1 saturated heterocycles. The Morgan fingerprint density at radius 2 is 1.95 bits per heavy atom. The molecular formula is C12H18N4O4. The van der Waals surface area contributed by atoms with Crippen LogP contribution in [-0.2, 0) is 4.74 Å². The van der Waals surface area contributed by atoms with Crippen molar-refractivity contribution in [1.82, 2.24) is 19.9 Å². The minimum Gasteiger partial charge on any atom is -0.476 e. The number of hydrogen-bond donors (Lipinski definition) is 1. The Morgan fingerprint density at radius 3 is 2.40 bits per heavy atom. The van der Waals surface area contributed by atoms with E-state index in [1.165, 1.54) is 0 Å². The first-order valence-corrected chi connectivity index (χ1v) is 6.32. The second kappa shape index (κ2) is 4.77. The normalized spacial score (nSPS) is 15.9. The third kappa shape index (κ3) is 2.73. The molecule has 1 aliphatic heterocycles. The SMILES string of the molecule is Cc1c(C(=O)O)nnn1C1CN(C(=O)OC(C)(C)C)C1. The van der Waals surface area contributed by atoms with Gasteiger partial charge in [0.2, 0.25) is 0 Å². The number of aromatic carboxylic acids is 1. The van der Waals surface area contributed by atoms with Crippen molar-refractivity contribution in [3.8, 4) is 0 Å². The van der Waals surface area contributed by atoms with E-state index in [0.717, 1.165) is 0 Å². The van der Waals surface area contributed by atoms with Gasteiger partial charge in [-0.2, -0.15) is 0 Å². The Hall–Kier alpha value is -2.12. The Balaban J connectivity index is 1.97. The van der Waals surface area contributed by atoms with Crippen LogP contribution in [0.5, 0.6) is 0 Å². The molecule has 1 N–H and O–H groups in total. The van der Waals surface area contributed by atoms with E-state index in [2.05, 4.69) is 10.3 Å². The molecule has 0 saturated carbocycles. The van der Waals surface area contributed by atoms with Gasteiger partial charge >= 0.3 is 12.1 Å². The summed E-state index contributed by atoms with van der Waals surface area (Å²) in [5, 5.41) is 16.4. The standard InChI is InChI=1S/C12H18N4O4/c1-7-9(10(17)18)13-14-16(7)8-5-15(6-8)11(19)20-12(2,3)4/h8H,5-6H2,1-4H3,(H,17,18). The van der Waals surface area contributed by atoms with Crippen molar-refractivity contribution in [1.29, 1.82) is 0 Å². The maximum atomic E-state index is 11.8. The molecule has 0 radical (unpaired) electrons. The van der Waals surface area contributed by atoms with Gasteiger partial charge in [0.25, 0.3) is 0 Å². The van der Waals surface area contributed by atoms with Crippen molar-refractivity contribution < 1.29 is 19.4 Å². The van der Waals surface area contributed by atoms with E-state index >= 15 is 0 Å². The Labute approximate surface area is 116 Å². The van der Waals surface area contributed by atoms with Gasteiger partial charge in [0, 0.05) is 13.1 Å². The summed E-state index contributed by atoms with van der Waals surface area (Å²) >= 11 is 0. The second-order valence-corrected chi connectivity index (χ2v) is 5.81. The van der Waals surface area contributed by atoms with Gasteiger partial charge in [-0.05, 0) is 27.7 Å². The monoisotopic (exact) mass is 282 g/mol. The van der Waals surface area contributed by atoms with E-state index in [0.29, 0.717) is 18.8 Å². The Bertz CT molecular complexity index is 540. The van der Waals surface area contributed by atoms with Crippen LogP contribution in [0.25, 0.3) is 0 Å². The highest BCUT2D eigenvalue weighted by Crippen LogP contribution is 2.24. The fourth-order valence-electron chi connectivity index (χ4n) is 1.97. The topological polar surface area (TPSA) is 97.5 Å². The summed E-state index contributed by atoms with van der Waals surface area (Å²) in [6, 6.07) is -0.0527. The smallest absolute Gasteiger partial charge is 0.410 e. The van der Waals surface area contributed by atoms with E-state index in [9.17, 15) is 9.59 Å². The lowest BCUT2D eigenvalue weighted by Gasteiger charge is -2.39. The Kier molecular flexibility index (Phi) is 3.41. The molecule has 1 aromatic rings. The number of carbonyl (C=O) groups is 2. The van der Waals surface area contributed by atoms with Gasteiger partial charge < -0.3 is 14.7 Å². The molecular weight excluding hydrogens is 264 g/mol. The summed E-state index contributed by atoms with van der Waals surface area (Å²) < 4.78 is 6.79. The number of carbonyl (C=O) groups excluding carboxylic acids is 1. The first-order chi connectivity index (χ1) is 9.19. The van der Waals surface area contributed by atoms with E-state index < -0.39 is 11.6 Å². The average molecular weight is 282 g/mol. The van der Waals surface area contributed by atoms with Crippen molar-refractivity contribution in [3.05, 3.63) is 11.4 Å². The van der Waals surface area contributed by atoms with E-state index in [1.54, 1.807) is 16.5 Å². The van der Waals surface area contributed by atoms with Crippen LogP contribution in [-0.4, -0.2) is 55.8 Å². The molecule has 2 rings (SSSR count). The highest BCUT2D eigenvalue weighted by atomic mass is 16.6. The van der Waals surface area contributed by atoms with E-state index in [1.807, 2.05) is 20.8 Å². The first-order valence-electron chi connectivity index (χ1n) is 6.32. The zero-order chi connectivity index (χ0) is 15.1. The van der Waals surface area contributed by atoms with Crippen LogP contribution >= 0.6 is 0 Å². The van der Waals surface area contributed by atoms with Crippen molar-refractivity contribution in [2.45, 2.75) is 39.3 Å². The molecule has 1 fully saturated rings. The molecule has 8 nitrogen and oxygen atoms in total. The number of likely N-dealkylation sites (tertiary alicyclic amines) is 1. The van der Waals surface area contributed by atoms with Gasteiger partial charge in [-0.15, -0.1) is 5.10 Å². The number of hydrogen-bond acceptors (Lipinski definition) is 5. The lowest BCUT2D eigenvalue weighted by molar-refractivity contribution is -0.000922. The van der Waals surface area contributed by atoms with Gasteiger partial charge in [0.15, 0.2) is 5.69 Å². The zero-order valence-electron chi connectivity index (χ0n) is 12.0. The molecule has 1 aromatic heterocycles. The summed E-state index contributed by atoms with van der Waals surface area (Å²) in [5.74, 6) is -1.10. The highest BCUT2D eigenvalue weighted by Gasteiger charge is 2.36. The maximum absolute atomic E-state index is 11.8. The molecule has 0 aromatic carbocycles. The van der Waals surface area contributed by atoms with Gasteiger partial charge in [0.05, 0.1) is 11.7 Å². The number of carboxylic acids is 1. The number of nitrogens with zero attached hydrogens (tertiary/aromatic N) is 4. The van der Waals surface area contributed by atoms with Crippen LogP contribution in [0.15, 0.2) is 0 Å². The minimum absolute atomic E-state index is 0.0527. The van der Waals surface area contributed by atoms with Crippen LogP contribution < -0.4 is 0 Å². The molecule has 0 atom stereocenters. The van der Waals surface area contributed by atoms with Gasteiger partial charge in [-0.25, -0.2) is 14.3 Å². The summed E-state index contributed by atoms with van der Waals surface area (Å²) in [7, 11) is 0. The predicted octanol–water partition coefficient (Wildman–Crippen LogP) is 1.08. The van der Waals surface area contributed by atoms with Crippen molar-refractivity contribution in [2.24, 2.45) is 0 Å². The number of rotatable bonds is 2. The quantitative estimate of drug-likeness (QED) is 0.871. The first kappa shape index (κ1) is 14.3. The molecule has 8 heteroatoms. The summed E-state index contributed by atoms with van der Waals surface area (Å²) in [6.45, 7) is 7.96. The van der Waals surface area contributed by atoms with Gasteiger partial charge in [-0.3, -0.25) is 0 Å². The molecule has 2 heterocycles. The van der Waals surface area contributed by atoms with Crippen LogP contribution in [0.1, 0.15) is 43.0 Å². The van der Waals surface area contributed by atoms with Crippen molar-refractivity contribution in [2.75, 3.05) is 13.1 Å². The average Bonchev–Trinajstić information content (AvgIpc) is 2.55. The van der Waals surface area contributed by atoms with E-state index in [4.69, 9.17) is 9.84 Å². The highest BCUT2D eigenvalue weighted by molar-refractivity contribution is 5.86. The lowest BCUT2D eigenvalue weighted by atomic mass is 10.1. The van der Waals surface area contributed by atoms with Crippen molar-refractivity contribution >= 4 is 12.1 Å². The molecule has 110 valence electrons. The molecule has 0 unspecified atom stereocenters. The maximum Gasteiger partial charge on any atom is 0.410 e. The van der Waals surface area contributed by atoms with E-state index in [-0.39, 0.29) is 17.8 Å². The van der Waals surface area contributed by atoms with Gasteiger partial charge in [0.1, 0.15) is 5.60 Å². The van der Waals surface area contributed by atoms with Crippen LogP contribution in [0.2, 0.25) is 0 Å². The molecule has 0 aliphatic carbocycles. The number of aromatic nitrogens is 3. The number of amides is 1. The molecule has 1 aliphatic rings. The third-order valence-electron chi connectivity index (χ3n) is 2.99. The fraction of sp³-hybridized carbons (Fsp3) is 0.667. The van der Waals surface area contributed by atoms with Gasteiger partial charge in [-0.1, -0.05) is 5.21 Å². The van der Waals surface area contributed by atoms with Crippen LogP contribution in [0.4, 0.5) is 4.79 Å². The molecule has 20 heavy (non-hydrogen) atoms. The summed E-state index contributed by atoms with van der Waals surface area (Å²) in [6.07, 6.45) is -0.370. The zero-order valence-corrected chi connectivity index (χ0v) is 12.0. The van der Waals surface area contributed by atoms with Crippen LogP contribution in [0.3, 0.4) is 0 Å². The number of carboxylic acid groups (broad SMARTS) is 1. The molecule has 0 bridgehead atoms. The van der Waals surface area contributed by atoms with Crippen LogP contribution in [0, 0.1) is 6.92 Å². The summed E-state index contributed by atoms with van der Waals surface area (Å²) in [4.78, 5) is 24.2. The largest absolute Gasteiger partial charge is 0.476 e. The third-order valence-corrected chi connectivity index (χ3v) is 2.99. The fourth-order valence-corrected chi connectivity index (χ4v) is 1.97. The Morgan fingerprint density at radius 1 is 1.35 bits per heavy atom. The molecule has 0 spiro atoms. The molecule has 1 amide bonds. The lowest BCUT2D eigenvalue weighted by Crippen LogP contribution is -2.52. The minimum atomic E-state index is -1.10. The number of ether oxygens (including phenoxy) is 1. The second-order valence-electron chi connectivity index (χ2n) is 5.81. The predicted molar refractivity (Wildman–Crippen MR) is 68.6 cm³/mol. The van der Waals surface area contributed by atoms with Crippen molar-refractivity contribution in [3.63, 3.8) is 0 Å². The summed E-state index contributed by atoms with van der Waals surface area (Å²) in [5.41, 5.74) is -0.0889.